The molecule has 0 aliphatic carbocycles. The molecule has 0 spiro atoms. The Morgan fingerprint density at radius 2 is 2.06 bits per heavy atom. The van der Waals surface area contributed by atoms with Gasteiger partial charge in [-0.05, 0) is 33.3 Å². The van der Waals surface area contributed by atoms with Crippen molar-refractivity contribution in [2.45, 2.75) is 4.90 Å². The largest absolute Gasteiger partial charge is 0.398 e. The van der Waals surface area contributed by atoms with Gasteiger partial charge in [0.1, 0.15) is 4.90 Å². The van der Waals surface area contributed by atoms with Crippen LogP contribution in [0.15, 0.2) is 26.0 Å². The van der Waals surface area contributed by atoms with Gasteiger partial charge in [0.25, 0.3) is 10.0 Å². The number of rotatable bonds is 3. The summed E-state index contributed by atoms with van der Waals surface area (Å²) in [5, 5.41) is 6.88. The molecule has 0 aliphatic rings. The number of halogens is 2. The maximum absolute atomic E-state index is 12.1. The minimum absolute atomic E-state index is 0.0547. The van der Waals surface area contributed by atoms with Crippen molar-refractivity contribution in [3.63, 3.8) is 0 Å². The molecule has 0 saturated heterocycles. The summed E-state index contributed by atoms with van der Waals surface area (Å²) in [6, 6.07) is 3.08. The van der Waals surface area contributed by atoms with Crippen molar-refractivity contribution >= 4 is 64.2 Å². The topological polar surface area (TPSA) is 111 Å². The number of hydrogen-bond acceptors (Lipinski definition) is 7. The smallest absolute Gasteiger partial charge is 0.266 e. The number of nitrogens with zero attached hydrogens (tertiary/aromatic N) is 3. The van der Waals surface area contributed by atoms with Gasteiger partial charge in [-0.15, -0.1) is 0 Å². The highest BCUT2D eigenvalue weighted by atomic mass is 79.9. The van der Waals surface area contributed by atoms with E-state index in [1.54, 1.807) is 6.07 Å². The summed E-state index contributed by atoms with van der Waals surface area (Å²) in [5.74, 6) is 0. The maximum atomic E-state index is 12.1. The second-order valence-electron chi connectivity index (χ2n) is 3.08. The molecule has 2 aromatic rings. The Balaban J connectivity index is 2.48. The molecule has 0 radical (unpaired) electrons. The van der Waals surface area contributed by atoms with E-state index < -0.39 is 10.0 Å². The van der Waals surface area contributed by atoms with E-state index in [2.05, 4.69) is 51.4 Å². The fraction of sp³-hybridized carbons (Fsp3) is 0. The first-order chi connectivity index (χ1) is 8.40. The zero-order valence-electron chi connectivity index (χ0n) is 8.46. The summed E-state index contributed by atoms with van der Waals surface area (Å²) in [4.78, 5) is -0.0547. The van der Waals surface area contributed by atoms with E-state index in [1.807, 2.05) is 0 Å². The number of aromatic nitrogens is 3. The minimum Gasteiger partial charge on any atom is -0.398 e. The van der Waals surface area contributed by atoms with E-state index in [1.165, 1.54) is 6.07 Å². The van der Waals surface area contributed by atoms with Gasteiger partial charge >= 0.3 is 0 Å². The van der Waals surface area contributed by atoms with Crippen molar-refractivity contribution in [3.8, 4) is 0 Å². The molecule has 1 heterocycles. The quantitative estimate of drug-likeness (QED) is 0.741. The SMILES string of the molecule is Nc1cc(Br)cc(Br)c1S(=O)(=O)Nc1nnns1. The Labute approximate surface area is 123 Å². The van der Waals surface area contributed by atoms with Gasteiger partial charge < -0.3 is 5.73 Å². The van der Waals surface area contributed by atoms with Gasteiger partial charge in [0.2, 0.25) is 5.13 Å². The summed E-state index contributed by atoms with van der Waals surface area (Å²) in [6.07, 6.45) is 0. The van der Waals surface area contributed by atoms with E-state index >= 15 is 0 Å². The number of benzene rings is 1. The molecule has 0 bridgehead atoms. The van der Waals surface area contributed by atoms with Crippen LogP contribution in [0.4, 0.5) is 10.8 Å². The predicted molar refractivity (Wildman–Crippen MR) is 74.8 cm³/mol. The lowest BCUT2D eigenvalue weighted by atomic mass is 10.3. The lowest BCUT2D eigenvalue weighted by Crippen LogP contribution is -2.15. The van der Waals surface area contributed by atoms with Crippen molar-refractivity contribution in [3.05, 3.63) is 21.1 Å². The molecule has 96 valence electrons. The standard InChI is InChI=1S/C7H5Br2N5O2S2/c8-3-1-4(9)6(5(10)2-3)18(15,16)12-7-11-13-14-17-7/h1-2H,10H2,(H,11,12,14). The van der Waals surface area contributed by atoms with Gasteiger partial charge in [0.05, 0.1) is 5.69 Å². The van der Waals surface area contributed by atoms with Crippen LogP contribution in [0, 0.1) is 0 Å². The first-order valence-electron chi connectivity index (χ1n) is 4.32. The van der Waals surface area contributed by atoms with E-state index in [4.69, 9.17) is 5.73 Å². The van der Waals surface area contributed by atoms with Crippen LogP contribution >= 0.6 is 43.4 Å². The molecule has 7 nitrogen and oxygen atoms in total. The number of nitrogens with one attached hydrogen (secondary N) is 1. The third-order valence-electron chi connectivity index (χ3n) is 1.83. The monoisotopic (exact) mass is 413 g/mol. The fourth-order valence-corrected chi connectivity index (χ4v) is 4.86. The van der Waals surface area contributed by atoms with Crippen molar-refractivity contribution < 1.29 is 8.42 Å². The van der Waals surface area contributed by atoms with Crippen LogP contribution in [0.5, 0.6) is 0 Å². The number of anilines is 2. The molecule has 18 heavy (non-hydrogen) atoms. The van der Waals surface area contributed by atoms with Gasteiger partial charge in [0, 0.05) is 20.5 Å². The van der Waals surface area contributed by atoms with Gasteiger partial charge in [-0.2, -0.15) is 0 Å². The van der Waals surface area contributed by atoms with Crippen LogP contribution in [-0.4, -0.2) is 23.2 Å². The summed E-state index contributed by atoms with van der Waals surface area (Å²) in [6.45, 7) is 0. The molecular formula is C7H5Br2N5O2S2. The Morgan fingerprint density at radius 3 is 2.61 bits per heavy atom. The molecule has 1 aromatic heterocycles. The van der Waals surface area contributed by atoms with Crippen LogP contribution in [0.25, 0.3) is 0 Å². The lowest BCUT2D eigenvalue weighted by Gasteiger charge is -2.10. The molecule has 0 amide bonds. The minimum atomic E-state index is -3.84. The number of nitrogen functional groups attached to an aromatic ring is 1. The predicted octanol–water partition coefficient (Wildman–Crippen LogP) is 1.84. The van der Waals surface area contributed by atoms with Crippen LogP contribution in [0.1, 0.15) is 0 Å². The number of hydrogen-bond donors (Lipinski definition) is 2. The third kappa shape index (κ3) is 2.79. The Morgan fingerprint density at radius 1 is 1.33 bits per heavy atom. The van der Waals surface area contributed by atoms with Crippen molar-refractivity contribution in [2.24, 2.45) is 0 Å². The normalized spacial score (nSPS) is 11.4. The van der Waals surface area contributed by atoms with E-state index in [0.29, 0.717) is 8.95 Å². The second-order valence-corrected chi connectivity index (χ2v) is 7.20. The average molecular weight is 415 g/mol. The summed E-state index contributed by atoms with van der Waals surface area (Å²) < 4.78 is 31.0. The van der Waals surface area contributed by atoms with Crippen molar-refractivity contribution in [1.82, 2.24) is 14.8 Å². The number of nitrogens with two attached hydrogens (primary N) is 1. The summed E-state index contributed by atoms with van der Waals surface area (Å²) in [5.41, 5.74) is 5.82. The van der Waals surface area contributed by atoms with Crippen molar-refractivity contribution in [2.75, 3.05) is 10.5 Å². The van der Waals surface area contributed by atoms with Crippen LogP contribution in [0.3, 0.4) is 0 Å². The maximum Gasteiger partial charge on any atom is 0.266 e. The second kappa shape index (κ2) is 5.07. The van der Waals surface area contributed by atoms with Crippen LogP contribution in [-0.2, 0) is 10.0 Å². The average Bonchev–Trinajstić information content (AvgIpc) is 2.66. The fourth-order valence-electron chi connectivity index (χ4n) is 1.20. The molecule has 11 heteroatoms. The summed E-state index contributed by atoms with van der Waals surface area (Å²) >= 11 is 7.21. The van der Waals surface area contributed by atoms with Gasteiger partial charge in [-0.1, -0.05) is 25.5 Å². The highest BCUT2D eigenvalue weighted by Crippen LogP contribution is 2.32. The molecule has 2 rings (SSSR count). The molecule has 0 unspecified atom stereocenters. The lowest BCUT2D eigenvalue weighted by molar-refractivity contribution is 0.601. The zero-order chi connectivity index (χ0) is 13.3. The third-order valence-corrected chi connectivity index (χ3v) is 5.27. The van der Waals surface area contributed by atoms with Gasteiger partial charge in [-0.25, -0.2) is 8.42 Å². The van der Waals surface area contributed by atoms with Gasteiger partial charge in [-0.3, -0.25) is 4.72 Å². The zero-order valence-corrected chi connectivity index (χ0v) is 13.3. The highest BCUT2D eigenvalue weighted by molar-refractivity contribution is 9.11. The molecule has 0 atom stereocenters. The van der Waals surface area contributed by atoms with Crippen LogP contribution < -0.4 is 10.5 Å². The Hall–Kier alpha value is -0.780. The molecule has 0 saturated carbocycles. The molecule has 3 N–H and O–H groups in total. The molecular weight excluding hydrogens is 410 g/mol. The van der Waals surface area contributed by atoms with Crippen LogP contribution in [0.2, 0.25) is 0 Å². The number of sulfonamides is 1. The van der Waals surface area contributed by atoms with Gasteiger partial charge in [0.15, 0.2) is 0 Å². The molecule has 0 fully saturated rings. The first kappa shape index (κ1) is 13.6. The Kier molecular flexibility index (Phi) is 3.84. The Bertz CT molecular complexity index is 650. The van der Waals surface area contributed by atoms with Crippen molar-refractivity contribution in [1.29, 1.82) is 0 Å². The summed E-state index contributed by atoms with van der Waals surface area (Å²) in [7, 11) is -3.84. The molecule has 1 aromatic carbocycles. The highest BCUT2D eigenvalue weighted by Gasteiger charge is 2.23. The van der Waals surface area contributed by atoms with E-state index in [9.17, 15) is 8.42 Å². The molecule has 0 aliphatic heterocycles. The first-order valence-corrected chi connectivity index (χ1v) is 8.17. The van der Waals surface area contributed by atoms with E-state index in [-0.39, 0.29) is 15.7 Å². The van der Waals surface area contributed by atoms with E-state index in [0.717, 1.165) is 11.5 Å².